The fraction of sp³-hybridized carbons (Fsp3) is 0.556. The number of thiol groups is 1. The van der Waals surface area contributed by atoms with Gasteiger partial charge in [-0.3, -0.25) is 0 Å². The molecule has 5 nitrogen and oxygen atoms in total. The van der Waals surface area contributed by atoms with Crippen molar-refractivity contribution in [3.05, 3.63) is 15.9 Å². The highest BCUT2D eigenvalue weighted by molar-refractivity contribution is 7.79. The molecule has 3 N–H and O–H groups in total. The molecule has 16 heavy (non-hydrogen) atoms. The monoisotopic (exact) mass is 262 g/mol. The Bertz CT molecular complexity index is 386. The van der Waals surface area contributed by atoms with E-state index >= 15 is 0 Å². The Kier molecular flexibility index (Phi) is 4.49. The van der Waals surface area contributed by atoms with Crippen molar-refractivity contribution in [1.29, 1.82) is 0 Å². The van der Waals surface area contributed by atoms with Crippen LogP contribution in [0.1, 0.15) is 19.5 Å². The van der Waals surface area contributed by atoms with Gasteiger partial charge in [0.1, 0.15) is 10.7 Å². The molecule has 0 fully saturated rings. The van der Waals surface area contributed by atoms with Crippen LogP contribution < -0.4 is 15.8 Å². The predicted molar refractivity (Wildman–Crippen MR) is 68.6 cm³/mol. The Balaban J connectivity index is 3.09. The molecule has 0 atom stereocenters. The average molecular weight is 263 g/mol. The first kappa shape index (κ1) is 13.2. The molecule has 0 aliphatic rings. The first-order chi connectivity index (χ1) is 7.47. The minimum Gasteiger partial charge on any atom is -0.754 e. The normalized spacial score (nSPS) is 10.8. The Hall–Kier alpha value is -0.880. The fourth-order valence-corrected chi connectivity index (χ4v) is 1.70. The van der Waals surface area contributed by atoms with Crippen LogP contribution >= 0.6 is 24.2 Å². The van der Waals surface area contributed by atoms with Crippen LogP contribution in [0.5, 0.6) is 0 Å². The van der Waals surface area contributed by atoms with Crippen molar-refractivity contribution < 1.29 is 4.73 Å². The summed E-state index contributed by atoms with van der Waals surface area (Å²) >= 11 is 10.1. The molecular weight excluding hydrogens is 248 g/mol. The number of nitrogens with two attached hydrogens (primary N) is 1. The lowest BCUT2D eigenvalue weighted by atomic mass is 10.2. The zero-order valence-electron chi connectivity index (χ0n) is 9.20. The van der Waals surface area contributed by atoms with Gasteiger partial charge in [-0.05, 0) is 5.92 Å². The standard InChI is InChI=1S/C9H15ClN4OS/c1-5(2)3-12-8-7(10)6(4-16)13-9(11)14(8)15/h5,12,16H,3-4H2,1-2H3,(H2,11,13). The lowest BCUT2D eigenvalue weighted by molar-refractivity contribution is -0.577. The van der Waals surface area contributed by atoms with Crippen molar-refractivity contribution in [2.45, 2.75) is 19.6 Å². The molecule has 0 aliphatic heterocycles. The first-order valence-corrected chi connectivity index (χ1v) is 5.90. The summed E-state index contributed by atoms with van der Waals surface area (Å²) in [6.07, 6.45) is 0. The van der Waals surface area contributed by atoms with E-state index in [9.17, 15) is 5.21 Å². The van der Waals surface area contributed by atoms with Crippen molar-refractivity contribution in [1.82, 2.24) is 4.98 Å². The van der Waals surface area contributed by atoms with Crippen molar-refractivity contribution in [2.24, 2.45) is 5.92 Å². The molecule has 0 saturated carbocycles. The maximum Gasteiger partial charge on any atom is 0.344 e. The molecule has 0 bridgehead atoms. The third kappa shape index (κ3) is 2.82. The molecule has 1 aromatic heterocycles. The largest absolute Gasteiger partial charge is 0.754 e. The van der Waals surface area contributed by atoms with E-state index < -0.39 is 0 Å². The molecule has 0 spiro atoms. The minimum absolute atomic E-state index is 0.125. The molecule has 1 rings (SSSR count). The van der Waals surface area contributed by atoms with Gasteiger partial charge in [0.25, 0.3) is 0 Å². The maximum absolute atomic E-state index is 11.6. The summed E-state index contributed by atoms with van der Waals surface area (Å²) in [5, 5.41) is 14.9. The van der Waals surface area contributed by atoms with Crippen LogP contribution in [0, 0.1) is 11.1 Å². The molecule has 0 unspecified atom stereocenters. The van der Waals surface area contributed by atoms with Crippen molar-refractivity contribution in [3.63, 3.8) is 0 Å². The summed E-state index contributed by atoms with van der Waals surface area (Å²) in [4.78, 5) is 3.86. The van der Waals surface area contributed by atoms with E-state index in [1.807, 2.05) is 13.8 Å². The molecule has 0 radical (unpaired) electrons. The third-order valence-corrected chi connectivity index (χ3v) is 2.65. The molecule has 0 aromatic carbocycles. The summed E-state index contributed by atoms with van der Waals surface area (Å²) in [7, 11) is 0. The number of nitrogen functional groups attached to an aromatic ring is 1. The van der Waals surface area contributed by atoms with Crippen LogP contribution in [-0.4, -0.2) is 11.5 Å². The summed E-state index contributed by atoms with van der Waals surface area (Å²) in [6.45, 7) is 4.69. The van der Waals surface area contributed by atoms with Gasteiger partial charge >= 0.3 is 5.95 Å². The highest BCUT2D eigenvalue weighted by Gasteiger charge is 2.17. The highest BCUT2D eigenvalue weighted by Crippen LogP contribution is 2.23. The first-order valence-electron chi connectivity index (χ1n) is 4.89. The number of anilines is 2. The summed E-state index contributed by atoms with van der Waals surface area (Å²) in [5.74, 6) is 0.844. The summed E-state index contributed by atoms with van der Waals surface area (Å²) < 4.78 is 0.498. The van der Waals surface area contributed by atoms with Crippen LogP contribution in [-0.2, 0) is 5.75 Å². The maximum atomic E-state index is 11.6. The van der Waals surface area contributed by atoms with E-state index in [1.54, 1.807) is 0 Å². The molecule has 0 saturated heterocycles. The Morgan fingerprint density at radius 2 is 2.25 bits per heavy atom. The van der Waals surface area contributed by atoms with Crippen LogP contribution in [0.3, 0.4) is 0 Å². The molecule has 1 aromatic rings. The van der Waals surface area contributed by atoms with E-state index in [0.29, 0.717) is 28.6 Å². The van der Waals surface area contributed by atoms with Crippen LogP contribution in [0.25, 0.3) is 0 Å². The Labute approximate surface area is 105 Å². The van der Waals surface area contributed by atoms with E-state index in [-0.39, 0.29) is 16.8 Å². The van der Waals surface area contributed by atoms with E-state index in [1.165, 1.54) is 0 Å². The smallest absolute Gasteiger partial charge is 0.344 e. The predicted octanol–water partition coefficient (Wildman–Crippen LogP) is 1.45. The fourth-order valence-electron chi connectivity index (χ4n) is 1.13. The summed E-state index contributed by atoms with van der Waals surface area (Å²) in [6, 6.07) is 0. The number of hydrogen-bond acceptors (Lipinski definition) is 5. The third-order valence-electron chi connectivity index (χ3n) is 1.95. The zero-order chi connectivity index (χ0) is 12.3. The van der Waals surface area contributed by atoms with Gasteiger partial charge in [0.05, 0.1) is 6.54 Å². The second-order valence-electron chi connectivity index (χ2n) is 3.81. The number of halogens is 1. The molecular formula is C9H15ClN4OS. The number of rotatable bonds is 4. The Morgan fingerprint density at radius 1 is 1.62 bits per heavy atom. The van der Waals surface area contributed by atoms with Crippen molar-refractivity contribution >= 4 is 36.0 Å². The van der Waals surface area contributed by atoms with Crippen LogP contribution in [0.4, 0.5) is 11.8 Å². The molecule has 0 amide bonds. The molecule has 1 heterocycles. The Morgan fingerprint density at radius 3 is 2.75 bits per heavy atom. The van der Waals surface area contributed by atoms with Gasteiger partial charge in [0.15, 0.2) is 0 Å². The van der Waals surface area contributed by atoms with E-state index in [0.717, 1.165) is 0 Å². The second kappa shape index (κ2) is 5.45. The van der Waals surface area contributed by atoms with Gasteiger partial charge in [-0.15, -0.1) is 4.98 Å². The lowest BCUT2D eigenvalue weighted by Gasteiger charge is -2.16. The quantitative estimate of drug-likeness (QED) is 0.436. The number of hydrogen-bond donors (Lipinski definition) is 3. The van der Waals surface area contributed by atoms with E-state index in [2.05, 4.69) is 22.9 Å². The number of aromatic nitrogens is 2. The molecule has 0 aliphatic carbocycles. The summed E-state index contributed by atoms with van der Waals surface area (Å²) in [5.41, 5.74) is 5.98. The van der Waals surface area contributed by atoms with Crippen LogP contribution in [0.2, 0.25) is 5.02 Å². The average Bonchev–Trinajstić information content (AvgIpc) is 2.23. The van der Waals surface area contributed by atoms with Gasteiger partial charge in [0, 0.05) is 5.75 Å². The SMILES string of the molecule is CC(C)CNc1c(Cl)c(CS)nc(N)[n+]1[O-]. The number of nitrogens with one attached hydrogen (secondary N) is 1. The lowest BCUT2D eigenvalue weighted by Crippen LogP contribution is -2.37. The highest BCUT2D eigenvalue weighted by atomic mass is 35.5. The van der Waals surface area contributed by atoms with Crippen molar-refractivity contribution in [2.75, 3.05) is 17.6 Å². The zero-order valence-corrected chi connectivity index (χ0v) is 10.8. The van der Waals surface area contributed by atoms with Crippen LogP contribution in [0.15, 0.2) is 0 Å². The van der Waals surface area contributed by atoms with Gasteiger partial charge in [-0.1, -0.05) is 25.4 Å². The topological polar surface area (TPSA) is 77.9 Å². The number of nitrogens with zero attached hydrogens (tertiary/aromatic N) is 2. The van der Waals surface area contributed by atoms with Gasteiger partial charge in [-0.2, -0.15) is 12.6 Å². The second-order valence-corrected chi connectivity index (χ2v) is 4.50. The van der Waals surface area contributed by atoms with Gasteiger partial charge in [0.2, 0.25) is 5.82 Å². The van der Waals surface area contributed by atoms with Gasteiger partial charge < -0.3 is 16.3 Å². The van der Waals surface area contributed by atoms with Crippen molar-refractivity contribution in [3.8, 4) is 0 Å². The molecule has 7 heteroatoms. The van der Waals surface area contributed by atoms with E-state index in [4.69, 9.17) is 17.3 Å². The minimum atomic E-state index is -0.125. The van der Waals surface area contributed by atoms with Gasteiger partial charge in [-0.25, -0.2) is 4.73 Å². The molecule has 90 valence electrons.